The molecule has 1 fully saturated rings. The van der Waals surface area contributed by atoms with Gasteiger partial charge in [0.15, 0.2) is 5.58 Å². The lowest BCUT2D eigenvalue weighted by atomic mass is 9.92. The first-order valence-corrected chi connectivity index (χ1v) is 12.9. The van der Waals surface area contributed by atoms with Crippen molar-refractivity contribution in [2.75, 3.05) is 26.2 Å². The summed E-state index contributed by atoms with van der Waals surface area (Å²) >= 11 is 0. The highest BCUT2D eigenvalue weighted by atomic mass is 16.3. The number of carbonyl (C=O) groups excluding carboxylic acids is 2. The lowest BCUT2D eigenvalue weighted by molar-refractivity contribution is -0.133. The van der Waals surface area contributed by atoms with Crippen molar-refractivity contribution in [1.82, 2.24) is 19.7 Å². The Morgan fingerprint density at radius 2 is 1.88 bits per heavy atom. The van der Waals surface area contributed by atoms with Gasteiger partial charge in [0.25, 0.3) is 5.91 Å². The maximum absolute atomic E-state index is 13.8. The van der Waals surface area contributed by atoms with Gasteiger partial charge >= 0.3 is 0 Å². The van der Waals surface area contributed by atoms with E-state index in [1.165, 1.54) is 19.3 Å². The number of nitrogens with one attached hydrogen (secondary N) is 1. The van der Waals surface area contributed by atoms with Gasteiger partial charge in [0.2, 0.25) is 5.91 Å². The molecule has 2 aliphatic rings. The SMILES string of the molecule is CCN(CC)CCCN1C(=O)c2cc3occc3n2CC1(C)C(=O)NC1CCCCCCC1. The van der Waals surface area contributed by atoms with Crippen molar-refractivity contribution in [3.63, 3.8) is 0 Å². The topological polar surface area (TPSA) is 70.7 Å². The molecule has 3 heterocycles. The zero-order valence-electron chi connectivity index (χ0n) is 20.6. The average Bonchev–Trinajstić information content (AvgIpc) is 3.37. The summed E-state index contributed by atoms with van der Waals surface area (Å²) in [7, 11) is 0. The quantitative estimate of drug-likeness (QED) is 0.639. The predicted molar refractivity (Wildman–Crippen MR) is 130 cm³/mol. The van der Waals surface area contributed by atoms with E-state index in [1.54, 1.807) is 6.26 Å². The number of nitrogens with zero attached hydrogens (tertiary/aromatic N) is 3. The summed E-state index contributed by atoms with van der Waals surface area (Å²) in [6.07, 6.45) is 10.6. The highest BCUT2D eigenvalue weighted by molar-refractivity contribution is 6.02. The summed E-state index contributed by atoms with van der Waals surface area (Å²) in [6.45, 7) is 10.2. The first-order chi connectivity index (χ1) is 16.0. The molecule has 2 amide bonds. The minimum Gasteiger partial charge on any atom is -0.463 e. The molecule has 0 aromatic carbocycles. The van der Waals surface area contributed by atoms with E-state index in [2.05, 4.69) is 24.1 Å². The monoisotopic (exact) mass is 456 g/mol. The molecule has 0 spiro atoms. The average molecular weight is 457 g/mol. The molecule has 2 aromatic heterocycles. The third kappa shape index (κ3) is 4.84. The standard InChI is InChI=1S/C26H40N4O3/c1-4-28(5-2)15-11-16-30-24(31)22-18-23-21(14-17-33-23)29(22)19-26(30,3)25(32)27-20-12-9-7-6-8-10-13-20/h14,17-18,20H,4-13,15-16,19H2,1-3H3,(H,27,32). The number of hydrogen-bond donors (Lipinski definition) is 1. The molecular formula is C26H40N4O3. The van der Waals surface area contributed by atoms with Crippen LogP contribution in [0, 0.1) is 0 Å². The van der Waals surface area contributed by atoms with Crippen molar-refractivity contribution < 1.29 is 14.0 Å². The maximum Gasteiger partial charge on any atom is 0.271 e. The van der Waals surface area contributed by atoms with Crippen LogP contribution in [0.3, 0.4) is 0 Å². The van der Waals surface area contributed by atoms with Crippen molar-refractivity contribution in [2.45, 2.75) is 90.3 Å². The van der Waals surface area contributed by atoms with E-state index in [-0.39, 0.29) is 17.9 Å². The number of furan rings is 1. The largest absolute Gasteiger partial charge is 0.463 e. The number of carbonyl (C=O) groups is 2. The van der Waals surface area contributed by atoms with Crippen LogP contribution in [-0.2, 0) is 11.3 Å². The normalized spacial score (nSPS) is 22.4. The molecule has 1 N–H and O–H groups in total. The zero-order chi connectivity index (χ0) is 23.4. The van der Waals surface area contributed by atoms with Crippen LogP contribution in [-0.4, -0.2) is 63.9 Å². The van der Waals surface area contributed by atoms with Crippen molar-refractivity contribution in [1.29, 1.82) is 0 Å². The molecule has 7 nitrogen and oxygen atoms in total. The summed E-state index contributed by atoms with van der Waals surface area (Å²) in [5, 5.41) is 3.35. The van der Waals surface area contributed by atoms with E-state index in [9.17, 15) is 9.59 Å². The van der Waals surface area contributed by atoms with Gasteiger partial charge in [0.1, 0.15) is 11.2 Å². The molecule has 1 unspecified atom stereocenters. The second-order valence-corrected chi connectivity index (χ2v) is 9.91. The Kier molecular flexibility index (Phi) is 7.47. The predicted octanol–water partition coefficient (Wildman–Crippen LogP) is 4.41. The van der Waals surface area contributed by atoms with Gasteiger partial charge in [0.05, 0.1) is 18.3 Å². The Labute approximate surface area is 197 Å². The lowest BCUT2D eigenvalue weighted by Gasteiger charge is -2.45. The zero-order valence-corrected chi connectivity index (χ0v) is 20.6. The minimum absolute atomic E-state index is 0.0275. The summed E-state index contributed by atoms with van der Waals surface area (Å²) in [5.74, 6) is -0.109. The van der Waals surface area contributed by atoms with Gasteiger partial charge in [-0.05, 0) is 45.8 Å². The van der Waals surface area contributed by atoms with E-state index < -0.39 is 5.54 Å². The Morgan fingerprint density at radius 1 is 1.18 bits per heavy atom. The van der Waals surface area contributed by atoms with Crippen molar-refractivity contribution in [3.8, 4) is 0 Å². The second-order valence-electron chi connectivity index (χ2n) is 9.91. The molecule has 182 valence electrons. The molecule has 4 rings (SSSR count). The first kappa shape index (κ1) is 23.9. The van der Waals surface area contributed by atoms with E-state index in [4.69, 9.17) is 4.42 Å². The molecule has 33 heavy (non-hydrogen) atoms. The number of fused-ring (bicyclic) bond motifs is 3. The van der Waals surface area contributed by atoms with Gasteiger partial charge in [0, 0.05) is 24.7 Å². The van der Waals surface area contributed by atoms with E-state index in [0.29, 0.717) is 24.4 Å². The Hall–Kier alpha value is -2.28. The van der Waals surface area contributed by atoms with Gasteiger partial charge in [-0.15, -0.1) is 0 Å². The van der Waals surface area contributed by atoms with Crippen LogP contribution in [0.1, 0.15) is 82.6 Å². The molecular weight excluding hydrogens is 416 g/mol. The molecule has 1 atom stereocenters. The molecule has 0 saturated heterocycles. The smallest absolute Gasteiger partial charge is 0.271 e. The number of hydrogen-bond acceptors (Lipinski definition) is 4. The molecule has 1 aliphatic heterocycles. The van der Waals surface area contributed by atoms with Crippen LogP contribution < -0.4 is 5.32 Å². The Bertz CT molecular complexity index is 952. The number of aromatic nitrogens is 1. The van der Waals surface area contributed by atoms with Gasteiger partial charge in [-0.25, -0.2) is 0 Å². The number of amides is 2. The molecule has 0 radical (unpaired) electrons. The van der Waals surface area contributed by atoms with E-state index in [0.717, 1.165) is 57.3 Å². The van der Waals surface area contributed by atoms with Crippen LogP contribution in [0.15, 0.2) is 22.8 Å². The summed E-state index contributed by atoms with van der Waals surface area (Å²) < 4.78 is 7.55. The van der Waals surface area contributed by atoms with E-state index >= 15 is 0 Å². The first-order valence-electron chi connectivity index (χ1n) is 12.9. The summed E-state index contributed by atoms with van der Waals surface area (Å²) in [5.41, 5.74) is 1.26. The summed E-state index contributed by atoms with van der Waals surface area (Å²) in [4.78, 5) is 31.7. The molecule has 1 aliphatic carbocycles. The summed E-state index contributed by atoms with van der Waals surface area (Å²) in [6, 6.07) is 3.90. The fraction of sp³-hybridized carbons (Fsp3) is 0.692. The highest BCUT2D eigenvalue weighted by Gasteiger charge is 2.48. The van der Waals surface area contributed by atoms with Crippen molar-refractivity contribution in [3.05, 3.63) is 24.1 Å². The van der Waals surface area contributed by atoms with Gasteiger partial charge in [-0.3, -0.25) is 9.59 Å². The van der Waals surface area contributed by atoms with Crippen LogP contribution in [0.5, 0.6) is 0 Å². The van der Waals surface area contributed by atoms with E-state index in [1.807, 2.05) is 28.5 Å². The van der Waals surface area contributed by atoms with Crippen LogP contribution in [0.2, 0.25) is 0 Å². The number of rotatable bonds is 8. The van der Waals surface area contributed by atoms with Crippen LogP contribution in [0.25, 0.3) is 11.1 Å². The van der Waals surface area contributed by atoms with Crippen molar-refractivity contribution >= 4 is 22.9 Å². The fourth-order valence-corrected chi connectivity index (χ4v) is 5.56. The van der Waals surface area contributed by atoms with Crippen LogP contribution >= 0.6 is 0 Å². The molecule has 7 heteroatoms. The minimum atomic E-state index is -0.932. The Morgan fingerprint density at radius 3 is 2.58 bits per heavy atom. The fourth-order valence-electron chi connectivity index (χ4n) is 5.56. The highest BCUT2D eigenvalue weighted by Crippen LogP contribution is 2.33. The molecule has 0 bridgehead atoms. The third-order valence-electron chi connectivity index (χ3n) is 7.73. The second kappa shape index (κ2) is 10.3. The lowest BCUT2D eigenvalue weighted by Crippen LogP contribution is -2.65. The Balaban J connectivity index is 1.58. The van der Waals surface area contributed by atoms with Crippen molar-refractivity contribution in [2.24, 2.45) is 0 Å². The van der Waals surface area contributed by atoms with Gasteiger partial charge in [-0.2, -0.15) is 0 Å². The maximum atomic E-state index is 13.8. The van der Waals surface area contributed by atoms with Gasteiger partial charge in [-0.1, -0.05) is 46.0 Å². The molecule has 2 aromatic rings. The molecule has 1 saturated carbocycles. The van der Waals surface area contributed by atoms with Gasteiger partial charge < -0.3 is 24.1 Å². The third-order valence-corrected chi connectivity index (χ3v) is 7.73. The van der Waals surface area contributed by atoms with Crippen LogP contribution in [0.4, 0.5) is 0 Å².